The van der Waals surface area contributed by atoms with Gasteiger partial charge in [-0.3, -0.25) is 19.1 Å². The number of fused-ring (bicyclic) bond motifs is 1. The van der Waals surface area contributed by atoms with Gasteiger partial charge in [0.15, 0.2) is 23.4 Å². The van der Waals surface area contributed by atoms with Gasteiger partial charge in [-0.2, -0.15) is 8.42 Å². The van der Waals surface area contributed by atoms with Gasteiger partial charge in [0.2, 0.25) is 0 Å². The molecule has 1 atom stereocenters. The number of carbonyl (C=O) groups is 2. The molecule has 2 aliphatic rings. The molecule has 18 heteroatoms. The molecule has 40 heavy (non-hydrogen) atoms. The van der Waals surface area contributed by atoms with E-state index in [-0.39, 0.29) is 34.1 Å². The minimum atomic E-state index is -4.69. The van der Waals surface area contributed by atoms with Gasteiger partial charge < -0.3 is 37.0 Å². The smallest absolute Gasteiger partial charge is 0.362 e. The van der Waals surface area contributed by atoms with E-state index in [0.29, 0.717) is 37.9 Å². The van der Waals surface area contributed by atoms with Gasteiger partial charge in [0.1, 0.15) is 24.1 Å². The number of nitrogen functional groups attached to an aromatic ring is 1. The van der Waals surface area contributed by atoms with Crippen LogP contribution in [0.15, 0.2) is 33.7 Å². The van der Waals surface area contributed by atoms with Crippen molar-refractivity contribution in [2.75, 3.05) is 38.6 Å². The van der Waals surface area contributed by atoms with E-state index in [1.807, 2.05) is 23.1 Å². The van der Waals surface area contributed by atoms with Crippen LogP contribution in [0.2, 0.25) is 0 Å². The zero-order chi connectivity index (χ0) is 28.9. The number of benzene rings is 1. The largest absolute Gasteiger partial charge is 0.490 e. The number of hydrogen-bond donors (Lipinski definition) is 5. The third-order valence-corrected chi connectivity index (χ3v) is 7.48. The number of aliphatic imine (C=N–C) groups is 1. The number of oxime groups is 1. The van der Waals surface area contributed by atoms with E-state index in [0.717, 1.165) is 28.9 Å². The lowest BCUT2D eigenvalue weighted by Gasteiger charge is -2.35. The fourth-order valence-electron chi connectivity index (χ4n) is 3.85. The second-order valence-electron chi connectivity index (χ2n) is 8.73. The maximum absolute atomic E-state index is 12.8. The molecule has 0 radical (unpaired) electrons. The van der Waals surface area contributed by atoms with Gasteiger partial charge in [0.05, 0.1) is 6.54 Å². The molecule has 0 spiro atoms. The van der Waals surface area contributed by atoms with Crippen molar-refractivity contribution < 1.29 is 32.1 Å². The Hall–Kier alpha value is -4.00. The highest BCUT2D eigenvalue weighted by atomic mass is 32.2. The van der Waals surface area contributed by atoms with Gasteiger partial charge in [0.25, 0.3) is 11.8 Å². The van der Waals surface area contributed by atoms with Crippen LogP contribution >= 0.6 is 11.3 Å². The molecule has 2 aliphatic heterocycles. The fourth-order valence-corrected chi connectivity index (χ4v) is 5.09. The van der Waals surface area contributed by atoms with Crippen LogP contribution < -0.4 is 27.3 Å². The molecule has 216 valence electrons. The Balaban J connectivity index is 1.30. The molecular formula is C22H29N9O7S2. The van der Waals surface area contributed by atoms with Gasteiger partial charge in [-0.25, -0.2) is 9.29 Å². The van der Waals surface area contributed by atoms with Crippen molar-refractivity contribution in [3.05, 3.63) is 40.4 Å². The maximum atomic E-state index is 12.8. The quantitative estimate of drug-likeness (QED) is 0.0477. The van der Waals surface area contributed by atoms with E-state index in [4.69, 9.17) is 31.3 Å². The molecule has 1 fully saturated rings. The summed E-state index contributed by atoms with van der Waals surface area (Å²) in [6, 6.07) is 4.53. The molecule has 0 saturated carbocycles. The molecule has 2 aromatic rings. The Morgan fingerprint density at radius 1 is 1.27 bits per heavy atom. The zero-order valence-electron chi connectivity index (χ0n) is 21.2. The summed E-state index contributed by atoms with van der Waals surface area (Å²) < 4.78 is 37.2. The highest BCUT2D eigenvalue weighted by Gasteiger charge is 2.45. The topological polar surface area (TPSA) is 241 Å². The van der Waals surface area contributed by atoms with E-state index >= 15 is 0 Å². The van der Waals surface area contributed by atoms with Crippen LogP contribution in [0.25, 0.3) is 0 Å². The summed E-state index contributed by atoms with van der Waals surface area (Å²) in [5, 5.41) is 7.83. The highest BCUT2D eigenvalue weighted by Crippen LogP contribution is 2.26. The molecule has 8 N–H and O–H groups in total. The summed E-state index contributed by atoms with van der Waals surface area (Å²) in [7, 11) is -4.69. The van der Waals surface area contributed by atoms with E-state index in [2.05, 4.69) is 20.4 Å². The number of nitrogens with one attached hydrogen (secondary N) is 1. The monoisotopic (exact) mass is 595 g/mol. The zero-order valence-corrected chi connectivity index (χ0v) is 22.9. The number of amides is 2. The van der Waals surface area contributed by atoms with Gasteiger partial charge >= 0.3 is 10.3 Å². The van der Waals surface area contributed by atoms with Gasteiger partial charge in [-0.15, -0.1) is 11.3 Å². The van der Waals surface area contributed by atoms with Crippen molar-refractivity contribution >= 4 is 50.3 Å². The number of hydrogen-bond acceptors (Lipinski definition) is 12. The number of ether oxygens (including phenoxy) is 1. The second kappa shape index (κ2) is 12.5. The molecule has 1 aromatic heterocycles. The lowest BCUT2D eigenvalue weighted by molar-refractivity contribution is -0.139. The Kier molecular flexibility index (Phi) is 9.03. The summed E-state index contributed by atoms with van der Waals surface area (Å²) in [6.07, 6.45) is 0.769. The standard InChI is InChI=1S/C22H29N9O7S2/c23-4-1-5-26-21(24)30-9-13-2-3-15(8-14(13)10-30)37-6-7-38-29-18(17-12-39-22(25)28-17)19(32)27-16-11-31(20(16)33)40(34,35)36/h2-3,8,12,16H,1,4-7,9-11,23H2,(H2,24,26)(H2,25,28)(H,27,32)(H,34,35,36)/b29-18-. The van der Waals surface area contributed by atoms with Crippen molar-refractivity contribution in [3.63, 3.8) is 0 Å². The van der Waals surface area contributed by atoms with Crippen LogP contribution in [0.3, 0.4) is 0 Å². The maximum Gasteiger partial charge on any atom is 0.362 e. The number of anilines is 1. The molecule has 0 aliphatic carbocycles. The van der Waals surface area contributed by atoms with E-state index < -0.39 is 34.7 Å². The fraction of sp³-hybridized carbons (Fsp3) is 0.409. The van der Waals surface area contributed by atoms with Crippen molar-refractivity contribution in [3.8, 4) is 5.75 Å². The van der Waals surface area contributed by atoms with Gasteiger partial charge in [0, 0.05) is 25.0 Å². The molecule has 1 unspecified atom stereocenters. The molecule has 0 bridgehead atoms. The van der Waals surface area contributed by atoms with Crippen LogP contribution in [-0.4, -0.2) is 89.5 Å². The van der Waals surface area contributed by atoms with Gasteiger partial charge in [-0.05, 0) is 36.2 Å². The van der Waals surface area contributed by atoms with Gasteiger partial charge in [-0.1, -0.05) is 11.2 Å². The van der Waals surface area contributed by atoms with Crippen LogP contribution in [-0.2, 0) is 37.8 Å². The highest BCUT2D eigenvalue weighted by molar-refractivity contribution is 7.84. The first-order valence-corrected chi connectivity index (χ1v) is 14.3. The molecule has 1 aromatic carbocycles. The number of rotatable bonds is 12. The number of carbonyl (C=O) groups excluding carboxylic acids is 2. The summed E-state index contributed by atoms with van der Waals surface area (Å²) >= 11 is 1.06. The molecule has 1 saturated heterocycles. The number of nitrogens with zero attached hydrogens (tertiary/aromatic N) is 5. The van der Waals surface area contributed by atoms with Crippen molar-refractivity contribution in [2.24, 2.45) is 21.6 Å². The van der Waals surface area contributed by atoms with Crippen LogP contribution in [0.5, 0.6) is 5.75 Å². The van der Waals surface area contributed by atoms with Crippen molar-refractivity contribution in [1.29, 1.82) is 0 Å². The minimum Gasteiger partial charge on any atom is -0.490 e. The van der Waals surface area contributed by atoms with Crippen LogP contribution in [0, 0.1) is 0 Å². The van der Waals surface area contributed by atoms with E-state index in [1.165, 1.54) is 5.38 Å². The number of nitrogens with two attached hydrogens (primary N) is 3. The Labute approximate surface area is 233 Å². The number of β-lactam (4-membered cyclic amide) rings is 1. The Morgan fingerprint density at radius 3 is 2.73 bits per heavy atom. The predicted molar refractivity (Wildman–Crippen MR) is 146 cm³/mol. The molecule has 4 rings (SSSR count). The molecule has 3 heterocycles. The second-order valence-corrected chi connectivity index (χ2v) is 11.0. The SMILES string of the molecule is NCCCN=C(N)N1Cc2ccc(OCCO/N=C(\C(=O)NC3CN(S(=O)(=O)O)C3=O)c3csc(N)n3)cc2C1. The lowest BCUT2D eigenvalue weighted by atomic mass is 10.1. The summed E-state index contributed by atoms with van der Waals surface area (Å²) in [6.45, 7) is 2.05. The molecular weight excluding hydrogens is 566 g/mol. The summed E-state index contributed by atoms with van der Waals surface area (Å²) in [5.41, 5.74) is 19.3. The Bertz CT molecular complexity index is 1430. The third kappa shape index (κ3) is 6.95. The molecule has 16 nitrogen and oxygen atoms in total. The van der Waals surface area contributed by atoms with Crippen LogP contribution in [0.4, 0.5) is 5.13 Å². The average Bonchev–Trinajstić information content (AvgIpc) is 3.53. The average molecular weight is 596 g/mol. The minimum absolute atomic E-state index is 0.0285. The van der Waals surface area contributed by atoms with Crippen LogP contribution in [0.1, 0.15) is 23.2 Å². The number of thiazole rings is 1. The predicted octanol–water partition coefficient (Wildman–Crippen LogP) is -1.37. The van der Waals surface area contributed by atoms with Crippen molar-refractivity contribution in [1.82, 2.24) is 19.5 Å². The van der Waals surface area contributed by atoms with Crippen molar-refractivity contribution in [2.45, 2.75) is 25.6 Å². The first-order valence-electron chi connectivity index (χ1n) is 12.1. The normalized spacial score (nSPS) is 17.4. The van der Waals surface area contributed by atoms with E-state index in [9.17, 15) is 18.0 Å². The summed E-state index contributed by atoms with van der Waals surface area (Å²) in [5.74, 6) is -0.739. The summed E-state index contributed by atoms with van der Waals surface area (Å²) in [4.78, 5) is 40.3. The lowest BCUT2D eigenvalue weighted by Crippen LogP contribution is -2.65. The first-order chi connectivity index (χ1) is 19.1. The Morgan fingerprint density at radius 2 is 2.05 bits per heavy atom. The third-order valence-electron chi connectivity index (χ3n) is 5.92. The van der Waals surface area contributed by atoms with E-state index in [1.54, 1.807) is 0 Å². The number of aromatic nitrogens is 1. The first kappa shape index (κ1) is 29.0. The molecule has 2 amide bonds. The number of guanidine groups is 1.